The first-order valence-corrected chi connectivity index (χ1v) is 22.6. The highest BCUT2D eigenvalue weighted by Gasteiger charge is 2.66. The van der Waals surface area contributed by atoms with Crippen LogP contribution in [0, 0.1) is 50.7 Å². The molecule has 8 N–H and O–H groups in total. The van der Waals surface area contributed by atoms with Gasteiger partial charge >= 0.3 is 5.97 Å². The van der Waals surface area contributed by atoms with Crippen molar-refractivity contribution in [2.45, 2.75) is 199 Å². The lowest BCUT2D eigenvalue weighted by atomic mass is 9.38. The fourth-order valence-electron chi connectivity index (χ4n) is 14.0. The van der Waals surface area contributed by atoms with Crippen molar-refractivity contribution in [1.29, 1.82) is 0 Å². The molecule has 21 atom stereocenters. The fourth-order valence-corrected chi connectivity index (χ4v) is 14.0. The van der Waals surface area contributed by atoms with Gasteiger partial charge in [0.2, 0.25) is 0 Å². The van der Waals surface area contributed by atoms with Gasteiger partial charge in [-0.1, -0.05) is 53.2 Å². The van der Waals surface area contributed by atoms with Gasteiger partial charge in [0.1, 0.15) is 54.9 Å². The molecule has 3 heterocycles. The molecule has 0 amide bonds. The summed E-state index contributed by atoms with van der Waals surface area (Å²) >= 11 is 0. The van der Waals surface area contributed by atoms with Crippen LogP contribution in [0.5, 0.6) is 0 Å². The van der Waals surface area contributed by atoms with Crippen molar-refractivity contribution in [1.82, 2.24) is 0 Å². The van der Waals surface area contributed by atoms with E-state index >= 15 is 0 Å². The molecule has 342 valence electrons. The normalized spacial score (nSPS) is 53.7. The maximum absolute atomic E-state index is 13.0. The van der Waals surface area contributed by atoms with Crippen LogP contribution >= 0.6 is 0 Å². The average Bonchev–Trinajstić information content (AvgIpc) is 3.18. The highest BCUT2D eigenvalue weighted by Crippen LogP contribution is 2.72. The Morgan fingerprint density at radius 3 is 2.03 bits per heavy atom. The minimum atomic E-state index is -1.69. The van der Waals surface area contributed by atoms with E-state index < -0.39 is 91.3 Å². The van der Waals surface area contributed by atoms with Crippen LogP contribution in [-0.4, -0.2) is 146 Å². The lowest BCUT2D eigenvalue weighted by molar-refractivity contribution is -0.378. The first-order chi connectivity index (χ1) is 28.1. The Kier molecular flexibility index (Phi) is 12.1. The molecule has 3 saturated heterocycles. The van der Waals surface area contributed by atoms with Gasteiger partial charge in [-0.25, -0.2) is 0 Å². The molecule has 60 heavy (non-hydrogen) atoms. The zero-order valence-corrected chi connectivity index (χ0v) is 36.4. The van der Waals surface area contributed by atoms with Gasteiger partial charge in [-0.15, -0.1) is 0 Å². The van der Waals surface area contributed by atoms with E-state index in [4.69, 9.17) is 28.4 Å². The number of aliphatic carboxylic acids is 1. The molecule has 0 aromatic rings. The minimum Gasteiger partial charge on any atom is -0.481 e. The summed E-state index contributed by atoms with van der Waals surface area (Å²) in [5, 5.41) is 85.7. The summed E-state index contributed by atoms with van der Waals surface area (Å²) < 4.78 is 36.1. The number of carboxylic acids is 1. The number of aliphatic hydroxyl groups excluding tert-OH is 7. The summed E-state index contributed by atoms with van der Waals surface area (Å²) in [6.07, 6.45) is -7.36. The van der Waals surface area contributed by atoms with E-state index in [0.29, 0.717) is 18.3 Å². The van der Waals surface area contributed by atoms with Crippen LogP contribution in [0.25, 0.3) is 0 Å². The van der Waals surface area contributed by atoms with E-state index in [2.05, 4.69) is 47.6 Å². The van der Waals surface area contributed by atoms with Crippen molar-refractivity contribution in [3.8, 4) is 0 Å². The summed E-state index contributed by atoms with van der Waals surface area (Å²) in [6, 6.07) is 0. The Balaban J connectivity index is 0.986. The summed E-state index contributed by atoms with van der Waals surface area (Å²) in [4.78, 5) is 13.0. The van der Waals surface area contributed by atoms with Crippen molar-refractivity contribution >= 4 is 5.97 Å². The van der Waals surface area contributed by atoms with Crippen LogP contribution in [0.3, 0.4) is 0 Å². The molecule has 15 nitrogen and oxygen atoms in total. The first-order valence-electron chi connectivity index (χ1n) is 22.6. The Labute approximate surface area is 353 Å². The number of carbonyl (C=O) groups is 1. The van der Waals surface area contributed by atoms with E-state index in [-0.39, 0.29) is 52.8 Å². The highest BCUT2D eigenvalue weighted by atomic mass is 16.8. The number of allylic oxidation sites excluding steroid dienone is 2. The molecule has 0 spiro atoms. The van der Waals surface area contributed by atoms with Crippen molar-refractivity contribution in [3.05, 3.63) is 11.6 Å². The lowest BCUT2D eigenvalue weighted by Crippen LogP contribution is -2.65. The zero-order chi connectivity index (χ0) is 43.5. The molecule has 3 aliphatic heterocycles. The van der Waals surface area contributed by atoms with Crippen LogP contribution in [0.4, 0.5) is 0 Å². The van der Waals surface area contributed by atoms with Crippen molar-refractivity contribution in [3.63, 3.8) is 0 Å². The van der Waals surface area contributed by atoms with Gasteiger partial charge < -0.3 is 69.3 Å². The molecule has 15 heteroatoms. The molecule has 0 aromatic carbocycles. The molecule has 0 aromatic heterocycles. The largest absolute Gasteiger partial charge is 0.481 e. The van der Waals surface area contributed by atoms with Crippen molar-refractivity contribution in [2.24, 2.45) is 50.7 Å². The summed E-state index contributed by atoms with van der Waals surface area (Å²) in [7, 11) is 0. The molecule has 4 unspecified atom stereocenters. The third-order valence-electron chi connectivity index (χ3n) is 17.7. The number of hydrogen-bond acceptors (Lipinski definition) is 14. The molecule has 5 aliphatic carbocycles. The quantitative estimate of drug-likeness (QED) is 0.136. The molecular formula is C45H72O15. The molecule has 8 aliphatic rings. The molecular weight excluding hydrogens is 780 g/mol. The Bertz CT molecular complexity index is 1620. The van der Waals surface area contributed by atoms with Gasteiger partial charge in [0, 0.05) is 0 Å². The number of carboxylic acid groups (broad SMARTS) is 1. The average molecular weight is 853 g/mol. The molecule has 0 radical (unpaired) electrons. The topological polar surface area (TPSA) is 234 Å². The van der Waals surface area contributed by atoms with Crippen LogP contribution in [0.1, 0.15) is 113 Å². The second-order valence-corrected chi connectivity index (χ2v) is 21.9. The van der Waals surface area contributed by atoms with Gasteiger partial charge in [0.05, 0.1) is 30.8 Å². The van der Waals surface area contributed by atoms with E-state index in [1.807, 2.05) is 0 Å². The third-order valence-corrected chi connectivity index (χ3v) is 17.7. The van der Waals surface area contributed by atoms with E-state index in [9.17, 15) is 45.6 Å². The standard InChI is InChI=1S/C45H72O15/c1-21-30(48)35(59-37-33(51)31(49)26(46)19-55-37)34(52)38(57-21)60-36-32(50)27(47)20-56-39(36)58-29-12-13-44(7)23-8-9-24-25-18-41(2,3)14-16-45(25,40(53)54)17-15-43(24,6)22(23)10-11-28(44)42(29,4)5/h9,21-23,25-39,46-52H,8,10-20H2,1-7H3,(H,53,54)/t21-,22?,23?,25?,26+,27+,28?,29-,30-,31-,32-,33-,34+,35+,36-,37-,38-,39-,43-,44+,45-/m0/s1. The predicted octanol–water partition coefficient (Wildman–Crippen LogP) is 2.62. The van der Waals surface area contributed by atoms with Crippen LogP contribution in [-0.2, 0) is 33.2 Å². The van der Waals surface area contributed by atoms with Crippen molar-refractivity contribution in [2.75, 3.05) is 13.2 Å². The Hall–Kier alpha value is -1.31. The second-order valence-electron chi connectivity index (χ2n) is 21.9. The molecule has 4 saturated carbocycles. The van der Waals surface area contributed by atoms with Gasteiger partial charge in [-0.2, -0.15) is 0 Å². The Morgan fingerprint density at radius 2 is 1.33 bits per heavy atom. The highest BCUT2D eigenvalue weighted by molar-refractivity contribution is 5.76. The second kappa shape index (κ2) is 16.0. The number of ether oxygens (including phenoxy) is 6. The summed E-state index contributed by atoms with van der Waals surface area (Å²) in [5.41, 5.74) is 0.472. The van der Waals surface area contributed by atoms with Crippen LogP contribution in [0.2, 0.25) is 0 Å². The predicted molar refractivity (Wildman–Crippen MR) is 213 cm³/mol. The third kappa shape index (κ3) is 7.25. The zero-order valence-electron chi connectivity index (χ0n) is 36.4. The summed E-state index contributed by atoms with van der Waals surface area (Å²) in [5.74, 6) is 0.629. The number of rotatable bonds is 7. The summed E-state index contributed by atoms with van der Waals surface area (Å²) in [6.45, 7) is 15.0. The van der Waals surface area contributed by atoms with Gasteiger partial charge in [-0.3, -0.25) is 4.79 Å². The smallest absolute Gasteiger partial charge is 0.310 e. The number of hydrogen-bond donors (Lipinski definition) is 8. The fraction of sp³-hybridized carbons (Fsp3) is 0.933. The number of fused-ring (bicyclic) bond motifs is 7. The maximum atomic E-state index is 13.0. The SMILES string of the molecule is C[C@@H]1O[C@@H](O[C@@H]2[C@H](O[C@H]3CC[C@]4(C)C5CC=C6C7CC(C)(C)CC[C@]7(C(=O)O)CC[C@@]6(C)C5CCC4C3(C)C)OC[C@@H](O)[C@@H]2O)[C@H](O)[C@H](O[C@@H]2OC[C@@H](O)[C@H](O)[C@@H]2O)[C@H]1O. The minimum absolute atomic E-state index is 0.000687. The van der Waals surface area contributed by atoms with Gasteiger partial charge in [-0.05, 0) is 116 Å². The first kappa shape index (κ1) is 45.3. The van der Waals surface area contributed by atoms with Crippen molar-refractivity contribution < 1.29 is 74.1 Å². The van der Waals surface area contributed by atoms with Crippen LogP contribution in [0.15, 0.2) is 11.6 Å². The maximum Gasteiger partial charge on any atom is 0.310 e. The number of aliphatic hydroxyl groups is 7. The lowest BCUT2D eigenvalue weighted by Gasteiger charge is -2.67. The van der Waals surface area contributed by atoms with Crippen LogP contribution < -0.4 is 0 Å². The van der Waals surface area contributed by atoms with Gasteiger partial charge in [0.15, 0.2) is 18.9 Å². The Morgan fingerprint density at radius 1 is 0.683 bits per heavy atom. The monoisotopic (exact) mass is 852 g/mol. The van der Waals surface area contributed by atoms with E-state index in [1.54, 1.807) is 0 Å². The molecule has 7 fully saturated rings. The molecule has 0 bridgehead atoms. The molecule has 8 rings (SSSR count). The van der Waals surface area contributed by atoms with E-state index in [1.165, 1.54) is 12.5 Å². The van der Waals surface area contributed by atoms with E-state index in [0.717, 1.165) is 57.8 Å². The van der Waals surface area contributed by atoms with Gasteiger partial charge in [0.25, 0.3) is 0 Å².